The van der Waals surface area contributed by atoms with Crippen LogP contribution in [0.1, 0.15) is 6.92 Å². The van der Waals surface area contributed by atoms with Gasteiger partial charge >= 0.3 is 0 Å². The average Bonchev–Trinajstić information content (AvgIpc) is 1.64. The fraction of sp³-hybridized carbons (Fsp3) is 0.500. The van der Waals surface area contributed by atoms with Crippen molar-refractivity contribution in [3.05, 3.63) is 10.3 Å². The second-order valence-electron chi connectivity index (χ2n) is 1.54. The van der Waals surface area contributed by atoms with Crippen molar-refractivity contribution in [2.24, 2.45) is 11.6 Å². The Hall–Kier alpha value is -0.220. The van der Waals surface area contributed by atoms with Crippen molar-refractivity contribution in [1.82, 2.24) is 5.01 Å². The molecule has 48 valence electrons. The molecule has 0 radical (unpaired) electrons. The highest BCUT2D eigenvalue weighted by Gasteiger charge is 1.93. The minimum Gasteiger partial charge on any atom is -0.392 e. The molecule has 4 N–H and O–H groups in total. The smallest absolute Gasteiger partial charge is 0.0959 e. The van der Waals surface area contributed by atoms with Crippen molar-refractivity contribution in [3.8, 4) is 0 Å². The molecule has 0 aromatic heterocycles. The van der Waals surface area contributed by atoms with Crippen molar-refractivity contribution in [2.75, 3.05) is 7.05 Å². The second-order valence-corrected chi connectivity index (χ2v) is 2.40. The zero-order valence-corrected chi connectivity index (χ0v) is 6.57. The molecule has 0 spiro atoms. The SMILES string of the molecule is C/C(=C(/N)Br)N(C)N. The van der Waals surface area contributed by atoms with Crippen LogP contribution in [0.2, 0.25) is 0 Å². The molecular formula is C4H10BrN3. The van der Waals surface area contributed by atoms with E-state index in [-0.39, 0.29) is 0 Å². The van der Waals surface area contributed by atoms with Crippen molar-refractivity contribution >= 4 is 15.9 Å². The van der Waals surface area contributed by atoms with E-state index in [4.69, 9.17) is 11.6 Å². The van der Waals surface area contributed by atoms with Crippen LogP contribution in [0.25, 0.3) is 0 Å². The van der Waals surface area contributed by atoms with Crippen LogP contribution in [0.15, 0.2) is 10.3 Å². The van der Waals surface area contributed by atoms with Crippen LogP contribution in [0, 0.1) is 0 Å². The highest BCUT2D eigenvalue weighted by atomic mass is 79.9. The van der Waals surface area contributed by atoms with E-state index < -0.39 is 0 Å². The number of allylic oxidation sites excluding steroid dienone is 1. The quantitative estimate of drug-likeness (QED) is 0.347. The Labute approximate surface area is 57.4 Å². The first-order valence-corrected chi connectivity index (χ1v) is 2.95. The molecule has 0 bridgehead atoms. The summed E-state index contributed by atoms with van der Waals surface area (Å²) in [6, 6.07) is 0. The molecule has 0 saturated heterocycles. The largest absolute Gasteiger partial charge is 0.392 e. The topological polar surface area (TPSA) is 55.3 Å². The summed E-state index contributed by atoms with van der Waals surface area (Å²) in [5, 5.41) is 1.45. The van der Waals surface area contributed by atoms with E-state index in [2.05, 4.69) is 15.9 Å². The molecule has 0 saturated carbocycles. The Bertz CT molecular complexity index is 104. The molecule has 3 nitrogen and oxygen atoms in total. The Morgan fingerprint density at radius 3 is 2.00 bits per heavy atom. The zero-order chi connectivity index (χ0) is 6.73. The van der Waals surface area contributed by atoms with Gasteiger partial charge in [0, 0.05) is 7.05 Å². The molecule has 4 heteroatoms. The van der Waals surface area contributed by atoms with Gasteiger partial charge in [-0.2, -0.15) is 0 Å². The van der Waals surface area contributed by atoms with Crippen LogP contribution in [0.5, 0.6) is 0 Å². The Morgan fingerprint density at radius 1 is 1.62 bits per heavy atom. The van der Waals surface area contributed by atoms with Crippen LogP contribution < -0.4 is 11.6 Å². The summed E-state index contributed by atoms with van der Waals surface area (Å²) in [7, 11) is 1.73. The van der Waals surface area contributed by atoms with Crippen LogP contribution in [0.4, 0.5) is 0 Å². The lowest BCUT2D eigenvalue weighted by Crippen LogP contribution is -2.25. The Kier molecular flexibility index (Phi) is 2.86. The summed E-state index contributed by atoms with van der Waals surface area (Å²) in [5.41, 5.74) is 6.14. The van der Waals surface area contributed by atoms with Crippen LogP contribution in [-0.2, 0) is 0 Å². The number of rotatable bonds is 1. The monoisotopic (exact) mass is 179 g/mol. The van der Waals surface area contributed by atoms with Crippen molar-refractivity contribution in [3.63, 3.8) is 0 Å². The highest BCUT2D eigenvalue weighted by molar-refractivity contribution is 9.11. The van der Waals surface area contributed by atoms with E-state index in [1.54, 1.807) is 7.05 Å². The normalized spacial score (nSPS) is 13.0. The van der Waals surface area contributed by atoms with Gasteiger partial charge in [0.15, 0.2) is 0 Å². The second kappa shape index (κ2) is 2.94. The van der Waals surface area contributed by atoms with Crippen molar-refractivity contribution in [1.29, 1.82) is 0 Å². The molecule has 0 aliphatic rings. The predicted molar refractivity (Wildman–Crippen MR) is 37.8 cm³/mol. The third-order valence-corrected chi connectivity index (χ3v) is 1.45. The molecule has 0 atom stereocenters. The highest BCUT2D eigenvalue weighted by Crippen LogP contribution is 2.03. The first kappa shape index (κ1) is 7.78. The van der Waals surface area contributed by atoms with E-state index in [1.807, 2.05) is 6.92 Å². The fourth-order valence-corrected chi connectivity index (χ4v) is 0.448. The molecule has 0 aliphatic carbocycles. The molecule has 0 amide bonds. The van der Waals surface area contributed by atoms with E-state index in [1.165, 1.54) is 5.01 Å². The van der Waals surface area contributed by atoms with Gasteiger partial charge in [0.2, 0.25) is 0 Å². The first-order chi connectivity index (χ1) is 3.55. The first-order valence-electron chi connectivity index (χ1n) is 2.16. The Morgan fingerprint density at radius 2 is 2.00 bits per heavy atom. The third kappa shape index (κ3) is 2.18. The molecule has 0 aromatic carbocycles. The number of hydrogen-bond acceptors (Lipinski definition) is 3. The molecule has 0 heterocycles. The number of hydrogen-bond donors (Lipinski definition) is 2. The molecule has 0 unspecified atom stereocenters. The van der Waals surface area contributed by atoms with Crippen molar-refractivity contribution < 1.29 is 0 Å². The van der Waals surface area contributed by atoms with Gasteiger partial charge in [-0.3, -0.25) is 0 Å². The summed E-state index contributed by atoms with van der Waals surface area (Å²) < 4.78 is 0.572. The maximum Gasteiger partial charge on any atom is 0.0959 e. The van der Waals surface area contributed by atoms with Crippen molar-refractivity contribution in [2.45, 2.75) is 6.92 Å². The van der Waals surface area contributed by atoms with Gasteiger partial charge in [0.1, 0.15) is 0 Å². The van der Waals surface area contributed by atoms with E-state index in [9.17, 15) is 0 Å². The molecule has 0 rings (SSSR count). The van der Waals surface area contributed by atoms with Gasteiger partial charge in [-0.1, -0.05) is 0 Å². The lowest BCUT2D eigenvalue weighted by atomic mass is 10.5. The number of nitrogens with two attached hydrogens (primary N) is 2. The minimum absolute atomic E-state index is 0.572. The number of hydrazine groups is 1. The summed E-state index contributed by atoms with van der Waals surface area (Å²) >= 11 is 3.08. The fourth-order valence-electron chi connectivity index (χ4n) is 0.168. The van der Waals surface area contributed by atoms with E-state index in [0.717, 1.165) is 5.70 Å². The zero-order valence-electron chi connectivity index (χ0n) is 4.98. The summed E-state index contributed by atoms with van der Waals surface area (Å²) in [6.45, 7) is 1.82. The van der Waals surface area contributed by atoms with Crippen LogP contribution in [-0.4, -0.2) is 12.1 Å². The number of nitrogens with zero attached hydrogens (tertiary/aromatic N) is 1. The number of halogens is 1. The van der Waals surface area contributed by atoms with Gasteiger partial charge in [0.05, 0.1) is 10.3 Å². The minimum atomic E-state index is 0.572. The van der Waals surface area contributed by atoms with Gasteiger partial charge in [-0.25, -0.2) is 5.84 Å². The van der Waals surface area contributed by atoms with E-state index >= 15 is 0 Å². The molecule has 0 aliphatic heterocycles. The van der Waals surface area contributed by atoms with Gasteiger partial charge in [-0.15, -0.1) is 0 Å². The molecular weight excluding hydrogens is 170 g/mol. The van der Waals surface area contributed by atoms with Crippen LogP contribution in [0.3, 0.4) is 0 Å². The summed E-state index contributed by atoms with van der Waals surface area (Å²) in [4.78, 5) is 0. The third-order valence-electron chi connectivity index (χ3n) is 0.875. The predicted octanol–water partition coefficient (Wildman–Crippen LogP) is 0.335. The molecule has 0 fully saturated rings. The van der Waals surface area contributed by atoms with Crippen LogP contribution >= 0.6 is 15.9 Å². The van der Waals surface area contributed by atoms with Gasteiger partial charge < -0.3 is 10.7 Å². The maximum atomic E-state index is 5.31. The van der Waals surface area contributed by atoms with Gasteiger partial charge in [-0.05, 0) is 22.9 Å². The lowest BCUT2D eigenvalue weighted by Gasteiger charge is -2.11. The van der Waals surface area contributed by atoms with Gasteiger partial charge in [0.25, 0.3) is 0 Å². The molecule has 0 aromatic rings. The standard InChI is InChI=1S/C4H10BrN3/c1-3(4(5)6)8(2)7/h6-7H2,1-2H3/b4-3-. The molecule has 8 heavy (non-hydrogen) atoms. The lowest BCUT2D eigenvalue weighted by molar-refractivity contribution is 0.439. The van der Waals surface area contributed by atoms with E-state index in [0.29, 0.717) is 4.61 Å². The summed E-state index contributed by atoms with van der Waals surface area (Å²) in [5.74, 6) is 5.30. The Balaban J connectivity index is 4.00. The summed E-state index contributed by atoms with van der Waals surface area (Å²) in [6.07, 6.45) is 0. The maximum absolute atomic E-state index is 5.31. The average molecular weight is 180 g/mol.